The van der Waals surface area contributed by atoms with Gasteiger partial charge in [0.1, 0.15) is 10.6 Å². The summed E-state index contributed by atoms with van der Waals surface area (Å²) >= 11 is 6.00. The summed E-state index contributed by atoms with van der Waals surface area (Å²) in [5, 5.41) is 2.89. The number of halogens is 1. The lowest BCUT2D eigenvalue weighted by molar-refractivity contribution is 0.0953. The molecule has 8 heteroatoms. The Hall–Kier alpha value is -2.09. The van der Waals surface area contributed by atoms with Crippen molar-refractivity contribution in [3.63, 3.8) is 0 Å². The molecule has 0 radical (unpaired) electrons. The van der Waals surface area contributed by atoms with Crippen molar-refractivity contribution < 1.29 is 17.9 Å². The number of sulfonamides is 1. The van der Waals surface area contributed by atoms with Crippen molar-refractivity contribution in [1.29, 1.82) is 0 Å². The van der Waals surface area contributed by atoms with Crippen molar-refractivity contribution in [2.45, 2.75) is 17.7 Å². The monoisotopic (exact) mass is 410 g/mol. The van der Waals surface area contributed by atoms with Gasteiger partial charge in [-0.3, -0.25) is 4.79 Å². The van der Waals surface area contributed by atoms with E-state index in [0.29, 0.717) is 6.54 Å². The lowest BCUT2D eigenvalue weighted by Crippen LogP contribution is -2.26. The van der Waals surface area contributed by atoms with Gasteiger partial charge in [-0.25, -0.2) is 12.7 Å². The second-order valence-electron chi connectivity index (χ2n) is 6.14. The average molecular weight is 411 g/mol. The zero-order chi connectivity index (χ0) is 20.0. The summed E-state index contributed by atoms with van der Waals surface area (Å²) < 4.78 is 30.8. The Bertz CT molecular complexity index is 896. The molecule has 0 aliphatic heterocycles. The molecule has 0 heterocycles. The van der Waals surface area contributed by atoms with Gasteiger partial charge < -0.3 is 10.1 Å². The third kappa shape index (κ3) is 5.45. The molecule has 1 amide bonds. The maximum absolute atomic E-state index is 12.3. The van der Waals surface area contributed by atoms with Crippen LogP contribution in [0.1, 0.15) is 22.3 Å². The molecule has 0 aliphatic carbocycles. The zero-order valence-corrected chi connectivity index (χ0v) is 17.1. The normalized spacial score (nSPS) is 11.4. The van der Waals surface area contributed by atoms with E-state index in [1.807, 2.05) is 24.3 Å². The highest BCUT2D eigenvalue weighted by atomic mass is 35.5. The molecule has 0 unspecified atom stereocenters. The lowest BCUT2D eigenvalue weighted by atomic mass is 10.1. The molecule has 6 nitrogen and oxygen atoms in total. The van der Waals surface area contributed by atoms with Gasteiger partial charge in [-0.05, 0) is 48.7 Å². The van der Waals surface area contributed by atoms with E-state index in [2.05, 4.69) is 5.32 Å². The Morgan fingerprint density at radius 3 is 2.41 bits per heavy atom. The quantitative estimate of drug-likeness (QED) is 0.679. The highest BCUT2D eigenvalue weighted by molar-refractivity contribution is 7.89. The second-order valence-corrected chi connectivity index (χ2v) is 8.67. The number of methoxy groups -OCH3 is 1. The fourth-order valence-electron chi connectivity index (χ4n) is 2.43. The number of carbonyl (C=O) groups is 1. The van der Waals surface area contributed by atoms with Gasteiger partial charge in [-0.15, -0.1) is 0 Å². The van der Waals surface area contributed by atoms with Crippen molar-refractivity contribution in [2.24, 2.45) is 0 Å². The molecule has 0 aliphatic rings. The maximum Gasteiger partial charge on any atom is 0.251 e. The van der Waals surface area contributed by atoms with Crippen LogP contribution in [0.3, 0.4) is 0 Å². The van der Waals surface area contributed by atoms with Crippen LogP contribution in [0.4, 0.5) is 0 Å². The van der Waals surface area contributed by atoms with Gasteiger partial charge in [-0.1, -0.05) is 23.7 Å². The van der Waals surface area contributed by atoms with Crippen LogP contribution in [0, 0.1) is 0 Å². The molecule has 1 N–H and O–H groups in total. The van der Waals surface area contributed by atoms with Crippen LogP contribution in [-0.2, 0) is 16.4 Å². The molecule has 0 saturated heterocycles. The number of hydrogen-bond acceptors (Lipinski definition) is 4. The standard InChI is InChI=1S/C19H23ClN2O4S/c1-22(2)27(24,25)18-13-15(8-11-17(18)20)19(23)21-12-4-5-14-6-9-16(26-3)10-7-14/h6-11,13H,4-5,12H2,1-3H3,(H,21,23). The largest absolute Gasteiger partial charge is 0.497 e. The molecule has 2 aromatic rings. The predicted molar refractivity (Wildman–Crippen MR) is 106 cm³/mol. The molecule has 0 saturated carbocycles. The highest BCUT2D eigenvalue weighted by Crippen LogP contribution is 2.24. The number of rotatable bonds is 8. The first-order valence-electron chi connectivity index (χ1n) is 8.39. The molecule has 0 bridgehead atoms. The van der Waals surface area contributed by atoms with Crippen LogP contribution < -0.4 is 10.1 Å². The zero-order valence-electron chi connectivity index (χ0n) is 15.5. The third-order valence-corrected chi connectivity index (χ3v) is 6.34. The molecule has 0 fully saturated rings. The molecule has 2 rings (SSSR count). The van der Waals surface area contributed by atoms with Crippen molar-refractivity contribution in [2.75, 3.05) is 27.7 Å². The summed E-state index contributed by atoms with van der Waals surface area (Å²) in [6, 6.07) is 12.0. The van der Waals surface area contributed by atoms with E-state index in [-0.39, 0.29) is 21.4 Å². The molecule has 0 spiro atoms. The first kappa shape index (κ1) is 21.2. The van der Waals surface area contributed by atoms with Crippen LogP contribution in [0.25, 0.3) is 0 Å². The molecule has 146 valence electrons. The summed E-state index contributed by atoms with van der Waals surface area (Å²) in [4.78, 5) is 12.2. The van der Waals surface area contributed by atoms with E-state index in [0.717, 1.165) is 28.5 Å². The average Bonchev–Trinajstić information content (AvgIpc) is 2.65. The lowest BCUT2D eigenvalue weighted by Gasteiger charge is -2.14. The Kier molecular flexibility index (Phi) is 7.24. The molecule has 0 aromatic heterocycles. The number of carbonyl (C=O) groups excluding carboxylic acids is 1. The van der Waals surface area contributed by atoms with Gasteiger partial charge in [0.15, 0.2) is 0 Å². The topological polar surface area (TPSA) is 75.7 Å². The number of nitrogens with one attached hydrogen (secondary N) is 1. The Labute approximate surface area is 165 Å². The van der Waals surface area contributed by atoms with E-state index < -0.39 is 10.0 Å². The van der Waals surface area contributed by atoms with Gasteiger partial charge in [0, 0.05) is 26.2 Å². The van der Waals surface area contributed by atoms with Crippen LogP contribution in [0.2, 0.25) is 5.02 Å². The van der Waals surface area contributed by atoms with E-state index >= 15 is 0 Å². The summed E-state index contributed by atoms with van der Waals surface area (Å²) in [6.07, 6.45) is 1.57. The second kappa shape index (κ2) is 9.21. The Balaban J connectivity index is 1.96. The summed E-state index contributed by atoms with van der Waals surface area (Å²) in [6.45, 7) is 0.475. The van der Waals surface area contributed by atoms with E-state index in [1.165, 1.54) is 32.3 Å². The molecular weight excluding hydrogens is 388 g/mol. The van der Waals surface area contributed by atoms with Gasteiger partial charge in [0.2, 0.25) is 10.0 Å². The number of nitrogens with zero attached hydrogens (tertiary/aromatic N) is 1. The van der Waals surface area contributed by atoms with Crippen molar-refractivity contribution in [3.05, 3.63) is 58.6 Å². The van der Waals surface area contributed by atoms with Gasteiger partial charge in [0.05, 0.1) is 12.1 Å². The minimum Gasteiger partial charge on any atom is -0.497 e. The maximum atomic E-state index is 12.3. The number of amides is 1. The first-order valence-corrected chi connectivity index (χ1v) is 10.2. The Morgan fingerprint density at radius 1 is 1.15 bits per heavy atom. The Morgan fingerprint density at radius 2 is 1.81 bits per heavy atom. The minimum atomic E-state index is -3.72. The smallest absolute Gasteiger partial charge is 0.251 e. The summed E-state index contributed by atoms with van der Waals surface area (Å²) in [5.41, 5.74) is 1.40. The van der Waals surface area contributed by atoms with E-state index in [4.69, 9.17) is 16.3 Å². The fourth-order valence-corrected chi connectivity index (χ4v) is 3.82. The summed E-state index contributed by atoms with van der Waals surface area (Å²) in [7, 11) is 0.731. The van der Waals surface area contributed by atoms with E-state index in [1.54, 1.807) is 7.11 Å². The minimum absolute atomic E-state index is 0.0831. The summed E-state index contributed by atoms with van der Waals surface area (Å²) in [5.74, 6) is 0.467. The molecule has 2 aromatic carbocycles. The first-order chi connectivity index (χ1) is 12.8. The predicted octanol–water partition coefficient (Wildman–Crippen LogP) is 2.96. The van der Waals surface area contributed by atoms with Gasteiger partial charge >= 0.3 is 0 Å². The van der Waals surface area contributed by atoms with Crippen LogP contribution in [0.15, 0.2) is 47.4 Å². The molecule has 0 atom stereocenters. The van der Waals surface area contributed by atoms with E-state index in [9.17, 15) is 13.2 Å². The van der Waals surface area contributed by atoms with Gasteiger partial charge in [-0.2, -0.15) is 0 Å². The van der Waals surface area contributed by atoms with Crippen molar-refractivity contribution in [1.82, 2.24) is 9.62 Å². The van der Waals surface area contributed by atoms with Crippen LogP contribution in [0.5, 0.6) is 5.75 Å². The van der Waals surface area contributed by atoms with Crippen molar-refractivity contribution >= 4 is 27.5 Å². The van der Waals surface area contributed by atoms with Crippen molar-refractivity contribution in [3.8, 4) is 5.75 Å². The number of hydrogen-bond donors (Lipinski definition) is 1. The van der Waals surface area contributed by atoms with Gasteiger partial charge in [0.25, 0.3) is 5.91 Å². The van der Waals surface area contributed by atoms with Crippen LogP contribution in [-0.4, -0.2) is 46.4 Å². The number of ether oxygens (including phenoxy) is 1. The molecular formula is C19H23ClN2O4S. The highest BCUT2D eigenvalue weighted by Gasteiger charge is 2.22. The third-order valence-electron chi connectivity index (χ3n) is 4.04. The number of benzene rings is 2. The SMILES string of the molecule is COc1ccc(CCCNC(=O)c2ccc(Cl)c(S(=O)(=O)N(C)C)c2)cc1. The number of aryl methyl sites for hydroxylation is 1. The fraction of sp³-hybridized carbons (Fsp3) is 0.316. The molecule has 27 heavy (non-hydrogen) atoms. The van der Waals surface area contributed by atoms with Crippen LogP contribution >= 0.6 is 11.6 Å².